The fourth-order valence-electron chi connectivity index (χ4n) is 4.30. The van der Waals surface area contributed by atoms with Crippen LogP contribution >= 0.6 is 0 Å². The fraction of sp³-hybridized carbons (Fsp3) is 0.391. The summed E-state index contributed by atoms with van der Waals surface area (Å²) in [5.74, 6) is -5.44. The summed E-state index contributed by atoms with van der Waals surface area (Å²) in [7, 11) is 1.52. The van der Waals surface area contributed by atoms with Gasteiger partial charge in [0.2, 0.25) is 5.95 Å². The number of nitrogens with zero attached hydrogens (tertiary/aromatic N) is 5. The predicted octanol–water partition coefficient (Wildman–Crippen LogP) is 4.63. The molecule has 1 N–H and O–H groups in total. The van der Waals surface area contributed by atoms with Crippen LogP contribution in [0.2, 0.25) is 0 Å². The Labute approximate surface area is 202 Å². The molecule has 1 aromatic carbocycles. The number of hydrogen-bond donors (Lipinski definition) is 1. The first-order valence-electron chi connectivity index (χ1n) is 11.0. The molecule has 13 heteroatoms. The lowest BCUT2D eigenvalue weighted by molar-refractivity contribution is -0.138. The first kappa shape index (κ1) is 25.5. The molecule has 2 atom stereocenters. The van der Waals surface area contributed by atoms with Crippen molar-refractivity contribution < 1.29 is 31.1 Å². The molecule has 1 amide bonds. The summed E-state index contributed by atoms with van der Waals surface area (Å²) in [6.07, 6.45) is -2.47. The van der Waals surface area contributed by atoms with E-state index in [1.54, 1.807) is 13.0 Å². The lowest BCUT2D eigenvalue weighted by Gasteiger charge is -2.43. The lowest BCUT2D eigenvalue weighted by atomic mass is 9.88. The minimum absolute atomic E-state index is 0.0959. The number of halogens is 6. The molecule has 3 heterocycles. The maximum atomic E-state index is 14.5. The molecule has 1 aliphatic heterocycles. The highest BCUT2D eigenvalue weighted by Gasteiger charge is 2.47. The molecule has 0 bridgehead atoms. The number of carbonyl (C=O) groups is 1. The molecule has 36 heavy (non-hydrogen) atoms. The summed E-state index contributed by atoms with van der Waals surface area (Å²) in [5.41, 5.74) is -0.979. The third-order valence-electron chi connectivity index (χ3n) is 5.98. The summed E-state index contributed by atoms with van der Waals surface area (Å²) in [6.45, 7) is 0.545. The molecule has 4 rings (SSSR count). The van der Waals surface area contributed by atoms with E-state index >= 15 is 0 Å². The standard InChI is InChI=1S/C23H22F6N6O/c1-13-7-22(25,26)12-35(18(13)10-32-21-30-8-14(9-31-21)23(27,28)29)20(36)19-16(11-34(2)33-19)15-5-3-4-6-17(15)24/h3-6,8-9,11,13,18H,7,10,12H2,1-2H3,(H,30,31,32)/t13-,18?/m1/s1. The Morgan fingerprint density at radius 1 is 1.17 bits per heavy atom. The first-order chi connectivity index (χ1) is 16.9. The van der Waals surface area contributed by atoms with Crippen molar-refractivity contribution in [2.45, 2.75) is 31.5 Å². The van der Waals surface area contributed by atoms with E-state index in [1.165, 1.54) is 36.1 Å². The van der Waals surface area contributed by atoms with Crippen LogP contribution in [0.5, 0.6) is 0 Å². The molecule has 1 fully saturated rings. The SMILES string of the molecule is C[C@@H]1CC(F)(F)CN(C(=O)c2nn(C)cc2-c2ccccc2F)C1CNc1ncc(C(F)(F)F)cn1. The van der Waals surface area contributed by atoms with Crippen LogP contribution in [0.3, 0.4) is 0 Å². The molecule has 1 saturated heterocycles. The smallest absolute Gasteiger partial charge is 0.352 e. The van der Waals surface area contributed by atoms with Crippen molar-refractivity contribution in [1.29, 1.82) is 0 Å². The highest BCUT2D eigenvalue weighted by atomic mass is 19.4. The zero-order chi connectivity index (χ0) is 26.3. The van der Waals surface area contributed by atoms with Gasteiger partial charge < -0.3 is 10.2 Å². The molecular weight excluding hydrogens is 490 g/mol. The molecule has 1 aliphatic rings. The molecule has 0 saturated carbocycles. The van der Waals surface area contributed by atoms with Gasteiger partial charge in [-0.25, -0.2) is 23.1 Å². The Hall–Kier alpha value is -3.64. The van der Waals surface area contributed by atoms with Crippen LogP contribution < -0.4 is 5.32 Å². The number of amides is 1. The maximum absolute atomic E-state index is 14.5. The van der Waals surface area contributed by atoms with Crippen LogP contribution in [0.15, 0.2) is 42.9 Å². The van der Waals surface area contributed by atoms with Crippen molar-refractivity contribution in [1.82, 2.24) is 24.6 Å². The number of anilines is 1. The number of benzene rings is 1. The maximum Gasteiger partial charge on any atom is 0.419 e. The molecule has 0 radical (unpaired) electrons. The largest absolute Gasteiger partial charge is 0.419 e. The quantitative estimate of drug-likeness (QED) is 0.505. The molecule has 0 aliphatic carbocycles. The Kier molecular flexibility index (Phi) is 6.67. The summed E-state index contributed by atoms with van der Waals surface area (Å²) in [4.78, 5) is 21.8. The van der Waals surface area contributed by atoms with E-state index in [0.717, 1.165) is 4.90 Å². The van der Waals surface area contributed by atoms with Gasteiger partial charge in [-0.05, 0) is 12.0 Å². The van der Waals surface area contributed by atoms with Crippen molar-refractivity contribution >= 4 is 11.9 Å². The predicted molar refractivity (Wildman–Crippen MR) is 118 cm³/mol. The van der Waals surface area contributed by atoms with E-state index in [-0.39, 0.29) is 29.3 Å². The monoisotopic (exact) mass is 512 g/mol. The van der Waals surface area contributed by atoms with Gasteiger partial charge in [0, 0.05) is 49.7 Å². The molecule has 1 unspecified atom stereocenters. The zero-order valence-electron chi connectivity index (χ0n) is 19.2. The van der Waals surface area contributed by atoms with E-state index in [9.17, 15) is 31.1 Å². The summed E-state index contributed by atoms with van der Waals surface area (Å²) < 4.78 is 83.1. The van der Waals surface area contributed by atoms with Gasteiger partial charge in [-0.2, -0.15) is 18.3 Å². The summed E-state index contributed by atoms with van der Waals surface area (Å²) >= 11 is 0. The molecule has 3 aromatic rings. The van der Waals surface area contributed by atoms with Gasteiger partial charge in [-0.3, -0.25) is 9.48 Å². The van der Waals surface area contributed by atoms with Crippen LogP contribution in [0.4, 0.5) is 32.3 Å². The van der Waals surface area contributed by atoms with Crippen LogP contribution in [0.1, 0.15) is 29.4 Å². The van der Waals surface area contributed by atoms with Gasteiger partial charge in [0.05, 0.1) is 18.2 Å². The van der Waals surface area contributed by atoms with Crippen LogP contribution in [-0.2, 0) is 13.2 Å². The Bertz CT molecular complexity index is 1240. The zero-order valence-corrected chi connectivity index (χ0v) is 19.2. The fourth-order valence-corrected chi connectivity index (χ4v) is 4.30. The Balaban J connectivity index is 1.62. The second-order valence-corrected chi connectivity index (χ2v) is 8.76. The molecule has 192 valence electrons. The van der Waals surface area contributed by atoms with Crippen molar-refractivity contribution in [3.8, 4) is 11.1 Å². The van der Waals surface area contributed by atoms with Crippen LogP contribution in [-0.4, -0.2) is 55.6 Å². The van der Waals surface area contributed by atoms with E-state index < -0.39 is 54.3 Å². The third-order valence-corrected chi connectivity index (χ3v) is 5.98. The summed E-state index contributed by atoms with van der Waals surface area (Å²) in [6, 6.07) is 4.93. The van der Waals surface area contributed by atoms with Crippen molar-refractivity contribution in [2.24, 2.45) is 13.0 Å². The minimum Gasteiger partial charge on any atom is -0.352 e. The molecule has 2 aromatic heterocycles. The van der Waals surface area contributed by atoms with Gasteiger partial charge in [0.1, 0.15) is 5.82 Å². The number of rotatable bonds is 5. The lowest BCUT2D eigenvalue weighted by Crippen LogP contribution is -2.57. The normalized spacial score (nSPS) is 19.8. The molecule has 0 spiro atoms. The number of piperidine rings is 1. The van der Waals surface area contributed by atoms with Crippen LogP contribution in [0, 0.1) is 11.7 Å². The van der Waals surface area contributed by atoms with Crippen molar-refractivity contribution in [2.75, 3.05) is 18.4 Å². The van der Waals surface area contributed by atoms with Gasteiger partial charge in [0.15, 0.2) is 5.69 Å². The van der Waals surface area contributed by atoms with Crippen molar-refractivity contribution in [3.63, 3.8) is 0 Å². The minimum atomic E-state index is -4.61. The van der Waals surface area contributed by atoms with E-state index in [2.05, 4.69) is 20.4 Å². The van der Waals surface area contributed by atoms with E-state index in [4.69, 9.17) is 0 Å². The van der Waals surface area contributed by atoms with Gasteiger partial charge >= 0.3 is 6.18 Å². The number of alkyl halides is 5. The Morgan fingerprint density at radius 2 is 1.83 bits per heavy atom. The number of nitrogens with one attached hydrogen (secondary N) is 1. The highest BCUT2D eigenvalue weighted by molar-refractivity contribution is 5.99. The topological polar surface area (TPSA) is 75.9 Å². The van der Waals surface area contributed by atoms with Gasteiger partial charge in [-0.15, -0.1) is 0 Å². The average Bonchev–Trinajstić information content (AvgIpc) is 3.18. The van der Waals surface area contributed by atoms with Gasteiger partial charge in [0.25, 0.3) is 11.8 Å². The second-order valence-electron chi connectivity index (χ2n) is 8.76. The number of likely N-dealkylation sites (tertiary alicyclic amines) is 1. The van der Waals surface area contributed by atoms with Crippen LogP contribution in [0.25, 0.3) is 11.1 Å². The highest BCUT2D eigenvalue weighted by Crippen LogP contribution is 2.36. The molecular formula is C23H22F6N6O. The third kappa shape index (κ3) is 5.29. The number of carbonyl (C=O) groups excluding carboxylic acids is 1. The van der Waals surface area contributed by atoms with E-state index in [1.807, 2.05) is 0 Å². The molecule has 7 nitrogen and oxygen atoms in total. The number of aryl methyl sites for hydroxylation is 1. The average molecular weight is 512 g/mol. The first-order valence-corrected chi connectivity index (χ1v) is 11.0. The van der Waals surface area contributed by atoms with E-state index in [0.29, 0.717) is 12.4 Å². The van der Waals surface area contributed by atoms with Gasteiger partial charge in [-0.1, -0.05) is 25.1 Å². The number of hydrogen-bond acceptors (Lipinski definition) is 5. The summed E-state index contributed by atoms with van der Waals surface area (Å²) in [5, 5.41) is 6.86. The van der Waals surface area contributed by atoms with Crippen molar-refractivity contribution in [3.05, 3.63) is 59.9 Å². The number of aromatic nitrogens is 4. The Morgan fingerprint density at radius 3 is 2.47 bits per heavy atom. The second kappa shape index (κ2) is 9.43.